The molecule has 1 heterocycles. The van der Waals surface area contributed by atoms with Crippen LogP contribution in [0, 0.1) is 0 Å². The van der Waals surface area contributed by atoms with Gasteiger partial charge in [0.25, 0.3) is 0 Å². The molecule has 2 N–H and O–H groups in total. The van der Waals surface area contributed by atoms with Crippen molar-refractivity contribution >= 4 is 17.5 Å². The third kappa shape index (κ3) is 3.95. The zero-order valence-corrected chi connectivity index (χ0v) is 12.1. The number of rotatable bonds is 3. The lowest BCUT2D eigenvalue weighted by Crippen LogP contribution is -2.48. The smallest absolute Gasteiger partial charge is 0.223 e. The molecule has 0 aromatic heterocycles. The van der Waals surface area contributed by atoms with Gasteiger partial charge in [-0.1, -0.05) is 23.7 Å². The van der Waals surface area contributed by atoms with Gasteiger partial charge in [-0.2, -0.15) is 0 Å². The summed E-state index contributed by atoms with van der Waals surface area (Å²) in [5.74, 6) is 0.231. The number of nitrogens with zero attached hydrogens (tertiary/aromatic N) is 1. The lowest BCUT2D eigenvalue weighted by Gasteiger charge is -2.36. The van der Waals surface area contributed by atoms with Crippen LogP contribution in [0.4, 0.5) is 0 Å². The number of piperidine rings is 1. The highest BCUT2D eigenvalue weighted by Crippen LogP contribution is 2.18. The van der Waals surface area contributed by atoms with E-state index in [1.54, 1.807) is 0 Å². The SMILES string of the molecule is C[C@@H]1C[C@@H](N)CCN1C(=O)CCc1ccc(Cl)cc1. The first kappa shape index (κ1) is 14.4. The molecule has 4 heteroatoms. The maximum atomic E-state index is 12.2. The van der Waals surface area contributed by atoms with Gasteiger partial charge >= 0.3 is 0 Å². The minimum Gasteiger partial charge on any atom is -0.340 e. The number of halogens is 1. The Bertz CT molecular complexity index is 432. The second-order valence-corrected chi connectivity index (χ2v) is 5.78. The Morgan fingerprint density at radius 1 is 1.42 bits per heavy atom. The fourth-order valence-corrected chi connectivity index (χ4v) is 2.75. The Kier molecular flexibility index (Phi) is 4.83. The predicted molar refractivity (Wildman–Crippen MR) is 78.2 cm³/mol. The van der Waals surface area contributed by atoms with Crippen LogP contribution in [0.1, 0.15) is 31.7 Å². The largest absolute Gasteiger partial charge is 0.340 e. The standard InChI is InChI=1S/C15H21ClN2O/c1-11-10-14(17)8-9-18(11)15(19)7-4-12-2-5-13(16)6-3-12/h2-3,5-6,11,14H,4,7-10,17H2,1H3/t11-,14+/m1/s1. The molecule has 104 valence electrons. The van der Waals surface area contributed by atoms with Gasteiger partial charge < -0.3 is 10.6 Å². The molecule has 0 bridgehead atoms. The van der Waals surface area contributed by atoms with Crippen molar-refractivity contribution in [2.24, 2.45) is 5.73 Å². The number of carbonyl (C=O) groups is 1. The van der Waals surface area contributed by atoms with Gasteiger partial charge in [0.1, 0.15) is 0 Å². The average Bonchev–Trinajstić information content (AvgIpc) is 2.37. The summed E-state index contributed by atoms with van der Waals surface area (Å²) >= 11 is 5.84. The number of hydrogen-bond acceptors (Lipinski definition) is 2. The highest BCUT2D eigenvalue weighted by Gasteiger charge is 2.26. The van der Waals surface area contributed by atoms with E-state index in [1.165, 1.54) is 0 Å². The topological polar surface area (TPSA) is 46.3 Å². The van der Waals surface area contributed by atoms with Gasteiger partial charge in [-0.15, -0.1) is 0 Å². The number of hydrogen-bond donors (Lipinski definition) is 1. The van der Waals surface area contributed by atoms with E-state index >= 15 is 0 Å². The van der Waals surface area contributed by atoms with Crippen LogP contribution >= 0.6 is 11.6 Å². The van der Waals surface area contributed by atoms with E-state index in [-0.39, 0.29) is 18.0 Å². The van der Waals surface area contributed by atoms with Crippen LogP contribution in [0.25, 0.3) is 0 Å². The maximum Gasteiger partial charge on any atom is 0.223 e. The second-order valence-electron chi connectivity index (χ2n) is 5.35. The summed E-state index contributed by atoms with van der Waals surface area (Å²) in [4.78, 5) is 14.2. The first-order valence-electron chi connectivity index (χ1n) is 6.86. The van der Waals surface area contributed by atoms with Gasteiger partial charge in [-0.3, -0.25) is 4.79 Å². The van der Waals surface area contributed by atoms with E-state index in [4.69, 9.17) is 17.3 Å². The molecule has 0 aliphatic carbocycles. The summed E-state index contributed by atoms with van der Waals surface area (Å²) < 4.78 is 0. The van der Waals surface area contributed by atoms with Crippen molar-refractivity contribution in [1.82, 2.24) is 4.90 Å². The molecule has 1 aliphatic heterocycles. The Labute approximate surface area is 119 Å². The van der Waals surface area contributed by atoms with Gasteiger partial charge in [0.15, 0.2) is 0 Å². The number of benzene rings is 1. The average molecular weight is 281 g/mol. The predicted octanol–water partition coefficient (Wildman–Crippen LogP) is 2.61. The Morgan fingerprint density at radius 2 is 2.11 bits per heavy atom. The number of nitrogens with two attached hydrogens (primary N) is 1. The minimum absolute atomic E-state index is 0.231. The second kappa shape index (κ2) is 6.40. The van der Waals surface area contributed by atoms with Crippen molar-refractivity contribution in [3.05, 3.63) is 34.9 Å². The zero-order valence-electron chi connectivity index (χ0n) is 11.3. The molecular formula is C15H21ClN2O. The van der Waals surface area contributed by atoms with Crippen LogP contribution in [0.3, 0.4) is 0 Å². The lowest BCUT2D eigenvalue weighted by atomic mass is 9.98. The quantitative estimate of drug-likeness (QED) is 0.925. The molecule has 1 aromatic carbocycles. The summed E-state index contributed by atoms with van der Waals surface area (Å²) in [7, 11) is 0. The lowest BCUT2D eigenvalue weighted by molar-refractivity contribution is -0.134. The van der Waals surface area contributed by atoms with E-state index in [1.807, 2.05) is 29.2 Å². The number of aryl methyl sites for hydroxylation is 1. The van der Waals surface area contributed by atoms with Crippen molar-refractivity contribution in [2.75, 3.05) is 6.54 Å². The Morgan fingerprint density at radius 3 is 2.74 bits per heavy atom. The molecule has 1 saturated heterocycles. The molecule has 0 unspecified atom stereocenters. The fraction of sp³-hybridized carbons (Fsp3) is 0.533. The van der Waals surface area contributed by atoms with Crippen LogP contribution in [0.5, 0.6) is 0 Å². The van der Waals surface area contributed by atoms with Crippen LogP contribution in [-0.2, 0) is 11.2 Å². The first-order chi connectivity index (χ1) is 9.06. The molecule has 2 rings (SSSR count). The van der Waals surface area contributed by atoms with Crippen molar-refractivity contribution in [1.29, 1.82) is 0 Å². The van der Waals surface area contributed by atoms with E-state index in [0.717, 1.165) is 36.4 Å². The van der Waals surface area contributed by atoms with Gasteiger partial charge in [0.05, 0.1) is 0 Å². The van der Waals surface area contributed by atoms with E-state index in [0.29, 0.717) is 6.42 Å². The first-order valence-corrected chi connectivity index (χ1v) is 7.23. The fourth-order valence-electron chi connectivity index (χ4n) is 2.62. The normalized spacial score (nSPS) is 23.4. The van der Waals surface area contributed by atoms with Crippen LogP contribution in [0.15, 0.2) is 24.3 Å². The highest BCUT2D eigenvalue weighted by atomic mass is 35.5. The molecule has 1 aromatic rings. The van der Waals surface area contributed by atoms with E-state index in [2.05, 4.69) is 6.92 Å². The van der Waals surface area contributed by atoms with Gasteiger partial charge in [-0.25, -0.2) is 0 Å². The van der Waals surface area contributed by atoms with Crippen molar-refractivity contribution in [3.63, 3.8) is 0 Å². The van der Waals surface area contributed by atoms with Gasteiger partial charge in [0, 0.05) is 30.1 Å². The molecule has 0 spiro atoms. The molecule has 3 nitrogen and oxygen atoms in total. The summed E-state index contributed by atoms with van der Waals surface area (Å²) in [5, 5.41) is 0.730. The summed E-state index contributed by atoms with van der Waals surface area (Å²) in [5.41, 5.74) is 7.07. The number of amides is 1. The summed E-state index contributed by atoms with van der Waals surface area (Å²) in [6, 6.07) is 8.20. The molecular weight excluding hydrogens is 260 g/mol. The van der Waals surface area contributed by atoms with Crippen LogP contribution in [-0.4, -0.2) is 29.4 Å². The van der Waals surface area contributed by atoms with E-state index in [9.17, 15) is 4.79 Å². The van der Waals surface area contributed by atoms with E-state index < -0.39 is 0 Å². The van der Waals surface area contributed by atoms with Crippen molar-refractivity contribution in [2.45, 2.75) is 44.7 Å². The monoisotopic (exact) mass is 280 g/mol. The Balaban J connectivity index is 1.85. The van der Waals surface area contributed by atoms with Gasteiger partial charge in [0.2, 0.25) is 5.91 Å². The molecule has 1 aliphatic rings. The van der Waals surface area contributed by atoms with Crippen LogP contribution < -0.4 is 5.73 Å². The summed E-state index contributed by atoms with van der Waals surface area (Å²) in [6.07, 6.45) is 3.15. The van der Waals surface area contributed by atoms with Gasteiger partial charge in [-0.05, 0) is 43.9 Å². The number of carbonyl (C=O) groups excluding carboxylic acids is 1. The third-order valence-electron chi connectivity index (χ3n) is 3.78. The molecule has 0 saturated carbocycles. The Hall–Kier alpha value is -1.06. The molecule has 0 radical (unpaired) electrons. The van der Waals surface area contributed by atoms with Crippen molar-refractivity contribution < 1.29 is 4.79 Å². The number of likely N-dealkylation sites (tertiary alicyclic amines) is 1. The molecule has 1 fully saturated rings. The van der Waals surface area contributed by atoms with Crippen LogP contribution in [0.2, 0.25) is 5.02 Å². The summed E-state index contributed by atoms with van der Waals surface area (Å²) in [6.45, 7) is 2.88. The third-order valence-corrected chi connectivity index (χ3v) is 4.03. The molecule has 2 atom stereocenters. The molecule has 1 amide bonds. The minimum atomic E-state index is 0.231. The molecule has 19 heavy (non-hydrogen) atoms. The van der Waals surface area contributed by atoms with Crippen molar-refractivity contribution in [3.8, 4) is 0 Å². The highest BCUT2D eigenvalue weighted by molar-refractivity contribution is 6.30. The zero-order chi connectivity index (χ0) is 13.8. The maximum absolute atomic E-state index is 12.2.